The SMILES string of the molecule is CCCn1c(=O)sc2cc(S(=O)(=O)Nc3ccc(OCc4ccccc4)cc3)ccc21. The van der Waals surface area contributed by atoms with Gasteiger partial charge in [-0.2, -0.15) is 0 Å². The monoisotopic (exact) mass is 454 g/mol. The van der Waals surface area contributed by atoms with Gasteiger partial charge >= 0.3 is 4.87 Å². The van der Waals surface area contributed by atoms with Gasteiger partial charge < -0.3 is 4.74 Å². The zero-order chi connectivity index (χ0) is 21.8. The maximum absolute atomic E-state index is 12.8. The van der Waals surface area contributed by atoms with E-state index < -0.39 is 10.0 Å². The molecule has 0 unspecified atom stereocenters. The largest absolute Gasteiger partial charge is 0.489 e. The van der Waals surface area contributed by atoms with Crippen molar-refractivity contribution in [1.29, 1.82) is 0 Å². The van der Waals surface area contributed by atoms with Gasteiger partial charge in [-0.15, -0.1) is 0 Å². The van der Waals surface area contributed by atoms with Crippen LogP contribution in [0, 0.1) is 0 Å². The summed E-state index contributed by atoms with van der Waals surface area (Å²) in [7, 11) is -3.78. The topological polar surface area (TPSA) is 77.4 Å². The molecule has 4 rings (SSSR count). The minimum absolute atomic E-state index is 0.0783. The highest BCUT2D eigenvalue weighted by atomic mass is 32.2. The molecule has 0 saturated heterocycles. The fraction of sp³-hybridized carbons (Fsp3) is 0.174. The normalized spacial score (nSPS) is 11.5. The zero-order valence-corrected chi connectivity index (χ0v) is 18.6. The van der Waals surface area contributed by atoms with Gasteiger partial charge in [-0.1, -0.05) is 48.6 Å². The predicted octanol–water partition coefficient (Wildman–Crippen LogP) is 4.85. The van der Waals surface area contributed by atoms with Crippen LogP contribution in [0.3, 0.4) is 0 Å². The number of nitrogens with one attached hydrogen (secondary N) is 1. The average Bonchev–Trinajstić information content (AvgIpc) is 3.08. The second kappa shape index (κ2) is 8.95. The molecule has 0 fully saturated rings. The number of sulfonamides is 1. The minimum atomic E-state index is -3.78. The molecule has 0 atom stereocenters. The van der Waals surface area contributed by atoms with Crippen LogP contribution in [0.25, 0.3) is 10.2 Å². The lowest BCUT2D eigenvalue weighted by molar-refractivity contribution is 0.306. The molecule has 0 amide bonds. The number of benzene rings is 3. The second-order valence-corrected chi connectivity index (χ2v) is 9.73. The number of fused-ring (bicyclic) bond motifs is 1. The lowest BCUT2D eigenvalue weighted by Gasteiger charge is -2.10. The van der Waals surface area contributed by atoms with Crippen LogP contribution < -0.4 is 14.3 Å². The quantitative estimate of drug-likeness (QED) is 0.413. The number of hydrogen-bond acceptors (Lipinski definition) is 5. The molecule has 0 spiro atoms. The van der Waals surface area contributed by atoms with Crippen molar-refractivity contribution >= 4 is 37.3 Å². The van der Waals surface area contributed by atoms with Gasteiger partial charge in [0.1, 0.15) is 12.4 Å². The van der Waals surface area contributed by atoms with Crippen LogP contribution in [0.2, 0.25) is 0 Å². The first-order valence-electron chi connectivity index (χ1n) is 9.89. The molecular weight excluding hydrogens is 432 g/mol. The molecule has 31 heavy (non-hydrogen) atoms. The average molecular weight is 455 g/mol. The summed E-state index contributed by atoms with van der Waals surface area (Å²) in [6.45, 7) is 3.05. The summed E-state index contributed by atoms with van der Waals surface area (Å²) in [6, 6.07) is 21.3. The van der Waals surface area contributed by atoms with E-state index in [1.165, 1.54) is 6.07 Å². The van der Waals surface area contributed by atoms with E-state index in [9.17, 15) is 13.2 Å². The van der Waals surface area contributed by atoms with E-state index in [2.05, 4.69) is 4.72 Å². The third-order valence-corrected chi connectivity index (χ3v) is 7.07. The molecule has 0 radical (unpaired) electrons. The summed E-state index contributed by atoms with van der Waals surface area (Å²) in [6.07, 6.45) is 0.832. The highest BCUT2D eigenvalue weighted by molar-refractivity contribution is 7.92. The first-order chi connectivity index (χ1) is 15.0. The van der Waals surface area contributed by atoms with E-state index in [1.807, 2.05) is 37.3 Å². The third kappa shape index (κ3) is 4.81. The fourth-order valence-corrected chi connectivity index (χ4v) is 5.34. The number of thiazole rings is 1. The molecule has 4 aromatic rings. The van der Waals surface area contributed by atoms with E-state index in [1.54, 1.807) is 41.0 Å². The second-order valence-electron chi connectivity index (χ2n) is 7.05. The summed E-state index contributed by atoms with van der Waals surface area (Å²) >= 11 is 1.06. The number of nitrogens with zero attached hydrogens (tertiary/aromatic N) is 1. The van der Waals surface area contributed by atoms with Crippen molar-refractivity contribution in [2.24, 2.45) is 0 Å². The summed E-state index contributed by atoms with van der Waals surface area (Å²) in [5.74, 6) is 0.648. The minimum Gasteiger partial charge on any atom is -0.489 e. The van der Waals surface area contributed by atoms with Gasteiger partial charge in [0, 0.05) is 12.2 Å². The maximum Gasteiger partial charge on any atom is 0.308 e. The highest BCUT2D eigenvalue weighted by Crippen LogP contribution is 2.25. The Kier molecular flexibility index (Phi) is 6.11. The highest BCUT2D eigenvalue weighted by Gasteiger charge is 2.17. The standard InChI is InChI=1S/C23H22N2O4S2/c1-2-14-25-21-13-12-20(15-22(21)30-23(25)26)31(27,28)24-18-8-10-19(11-9-18)29-16-17-6-4-3-5-7-17/h3-13,15,24H,2,14,16H2,1H3. The van der Waals surface area contributed by atoms with E-state index in [4.69, 9.17) is 4.74 Å². The van der Waals surface area contributed by atoms with Gasteiger partial charge in [-0.05, 0) is 54.4 Å². The maximum atomic E-state index is 12.8. The summed E-state index contributed by atoms with van der Waals surface area (Å²) in [4.78, 5) is 12.2. The first-order valence-corrected chi connectivity index (χ1v) is 12.2. The number of anilines is 1. The Balaban J connectivity index is 1.48. The molecule has 160 valence electrons. The van der Waals surface area contributed by atoms with Gasteiger partial charge in [0.05, 0.1) is 15.1 Å². The number of hydrogen-bond donors (Lipinski definition) is 1. The lowest BCUT2D eigenvalue weighted by atomic mass is 10.2. The van der Waals surface area contributed by atoms with Crippen molar-refractivity contribution in [3.05, 3.63) is 88.0 Å². The molecule has 1 aromatic heterocycles. The van der Waals surface area contributed by atoms with Crippen LogP contribution >= 0.6 is 11.3 Å². The smallest absolute Gasteiger partial charge is 0.308 e. The van der Waals surface area contributed by atoms with E-state index >= 15 is 0 Å². The lowest BCUT2D eigenvalue weighted by Crippen LogP contribution is -2.13. The molecule has 3 aromatic carbocycles. The van der Waals surface area contributed by atoms with Crippen molar-refractivity contribution in [2.45, 2.75) is 31.4 Å². The Morgan fingerprint density at radius 1 is 1.00 bits per heavy atom. The summed E-state index contributed by atoms with van der Waals surface area (Å²) in [5, 5.41) is 0. The van der Waals surface area contributed by atoms with Crippen LogP contribution in [0.15, 0.2) is 82.5 Å². The molecular formula is C23H22N2O4S2. The van der Waals surface area contributed by atoms with E-state index in [0.717, 1.165) is 28.8 Å². The Bertz CT molecular complexity index is 1340. The van der Waals surface area contributed by atoms with E-state index in [0.29, 0.717) is 29.3 Å². The number of rotatable bonds is 8. The van der Waals surface area contributed by atoms with Gasteiger partial charge in [-0.3, -0.25) is 14.1 Å². The van der Waals surface area contributed by atoms with Crippen molar-refractivity contribution in [3.8, 4) is 5.75 Å². The van der Waals surface area contributed by atoms with Crippen molar-refractivity contribution in [1.82, 2.24) is 4.57 Å². The third-order valence-electron chi connectivity index (χ3n) is 4.75. The molecule has 0 aliphatic rings. The summed E-state index contributed by atoms with van der Waals surface area (Å²) in [5.41, 5.74) is 2.25. The van der Waals surface area contributed by atoms with Gasteiger partial charge in [0.15, 0.2) is 0 Å². The molecule has 1 N–H and O–H groups in total. The van der Waals surface area contributed by atoms with Crippen LogP contribution in [0.5, 0.6) is 5.75 Å². The number of aromatic nitrogens is 1. The molecule has 0 aliphatic heterocycles. The van der Waals surface area contributed by atoms with Crippen LogP contribution in [-0.4, -0.2) is 13.0 Å². The van der Waals surface area contributed by atoms with Crippen molar-refractivity contribution in [2.75, 3.05) is 4.72 Å². The fourth-order valence-electron chi connectivity index (χ4n) is 3.22. The van der Waals surface area contributed by atoms with Gasteiger partial charge in [-0.25, -0.2) is 8.42 Å². The van der Waals surface area contributed by atoms with Crippen LogP contribution in [0.4, 0.5) is 5.69 Å². The van der Waals surface area contributed by atoms with Crippen molar-refractivity contribution in [3.63, 3.8) is 0 Å². The summed E-state index contributed by atoms with van der Waals surface area (Å²) < 4.78 is 36.3. The van der Waals surface area contributed by atoms with Crippen molar-refractivity contribution < 1.29 is 13.2 Å². The van der Waals surface area contributed by atoms with Crippen LogP contribution in [0.1, 0.15) is 18.9 Å². The zero-order valence-electron chi connectivity index (χ0n) is 16.9. The molecule has 0 saturated carbocycles. The number of ether oxygens (including phenoxy) is 1. The van der Waals surface area contributed by atoms with Gasteiger partial charge in [0.25, 0.3) is 10.0 Å². The van der Waals surface area contributed by atoms with Gasteiger partial charge in [0.2, 0.25) is 0 Å². The molecule has 8 heteroatoms. The Hall–Kier alpha value is -3.10. The van der Waals surface area contributed by atoms with E-state index in [-0.39, 0.29) is 9.77 Å². The molecule has 0 aliphatic carbocycles. The number of aryl methyl sites for hydroxylation is 1. The first kappa shape index (κ1) is 21.1. The Labute approximate surface area is 184 Å². The predicted molar refractivity (Wildman–Crippen MR) is 124 cm³/mol. The molecule has 0 bridgehead atoms. The molecule has 6 nitrogen and oxygen atoms in total. The Morgan fingerprint density at radius 3 is 2.45 bits per heavy atom. The van der Waals surface area contributed by atoms with Crippen LogP contribution in [-0.2, 0) is 23.2 Å². The Morgan fingerprint density at radius 2 is 1.74 bits per heavy atom. The molecule has 1 heterocycles.